The Balaban J connectivity index is 2.58. The molecule has 5 nitrogen and oxygen atoms in total. The largest absolute Gasteiger partial charge is 0.476 e. The molecule has 0 radical (unpaired) electrons. The average molecular weight is 219 g/mol. The van der Waals surface area contributed by atoms with Crippen LogP contribution in [0.2, 0.25) is 0 Å². The number of carboxylic acids is 1. The van der Waals surface area contributed by atoms with Crippen LogP contribution in [0.5, 0.6) is 0 Å². The SMILES string of the molecule is CC(C)(C)c1ccc2nc(C(=O)O)cn2n1. The molecule has 0 atom stereocenters. The van der Waals surface area contributed by atoms with Crippen molar-refractivity contribution in [3.8, 4) is 0 Å². The third kappa shape index (κ3) is 1.76. The van der Waals surface area contributed by atoms with Crippen LogP contribution in [-0.2, 0) is 5.41 Å². The molecule has 2 aromatic heterocycles. The quantitative estimate of drug-likeness (QED) is 0.793. The number of carboxylic acid groups (broad SMARTS) is 1. The summed E-state index contributed by atoms with van der Waals surface area (Å²) in [6, 6.07) is 3.65. The average Bonchev–Trinajstić information content (AvgIpc) is 2.58. The van der Waals surface area contributed by atoms with Gasteiger partial charge in [-0.1, -0.05) is 20.8 Å². The molecule has 0 aliphatic heterocycles. The molecule has 2 rings (SSSR count). The van der Waals surface area contributed by atoms with Crippen molar-refractivity contribution >= 4 is 11.6 Å². The molecule has 0 aromatic carbocycles. The molecule has 0 unspecified atom stereocenters. The van der Waals surface area contributed by atoms with E-state index in [1.807, 2.05) is 6.07 Å². The molecule has 0 aliphatic rings. The Bertz CT molecular complexity index is 552. The van der Waals surface area contributed by atoms with E-state index in [9.17, 15) is 4.79 Å². The molecule has 2 heterocycles. The van der Waals surface area contributed by atoms with Gasteiger partial charge < -0.3 is 5.11 Å². The monoisotopic (exact) mass is 219 g/mol. The molecule has 0 bridgehead atoms. The zero-order chi connectivity index (χ0) is 11.9. The van der Waals surface area contributed by atoms with Crippen molar-refractivity contribution in [2.24, 2.45) is 0 Å². The van der Waals surface area contributed by atoms with Crippen LogP contribution in [0.15, 0.2) is 18.3 Å². The summed E-state index contributed by atoms with van der Waals surface area (Å²) in [7, 11) is 0. The number of hydrogen-bond acceptors (Lipinski definition) is 3. The maximum Gasteiger partial charge on any atom is 0.356 e. The number of hydrogen-bond donors (Lipinski definition) is 1. The molecular formula is C11H13N3O2. The van der Waals surface area contributed by atoms with Gasteiger partial charge in [0.1, 0.15) is 0 Å². The fourth-order valence-electron chi connectivity index (χ4n) is 1.39. The molecule has 0 aliphatic carbocycles. The highest BCUT2D eigenvalue weighted by atomic mass is 16.4. The minimum Gasteiger partial charge on any atom is -0.476 e. The molecule has 5 heteroatoms. The van der Waals surface area contributed by atoms with E-state index in [1.54, 1.807) is 6.07 Å². The van der Waals surface area contributed by atoms with E-state index in [4.69, 9.17) is 5.11 Å². The first-order valence-corrected chi connectivity index (χ1v) is 4.98. The molecule has 2 aromatic rings. The van der Waals surface area contributed by atoms with E-state index >= 15 is 0 Å². The van der Waals surface area contributed by atoms with Crippen molar-refractivity contribution in [2.45, 2.75) is 26.2 Å². The second kappa shape index (κ2) is 3.30. The molecule has 0 saturated heterocycles. The van der Waals surface area contributed by atoms with Crippen LogP contribution in [0.4, 0.5) is 0 Å². The van der Waals surface area contributed by atoms with Crippen LogP contribution in [0, 0.1) is 0 Å². The Morgan fingerprint density at radius 1 is 1.38 bits per heavy atom. The lowest BCUT2D eigenvalue weighted by atomic mass is 9.92. The number of rotatable bonds is 1. The maximum absolute atomic E-state index is 10.7. The van der Waals surface area contributed by atoms with Crippen LogP contribution in [0.3, 0.4) is 0 Å². The minimum absolute atomic E-state index is 0.0126. The molecule has 0 saturated carbocycles. The second-order valence-corrected chi connectivity index (χ2v) is 4.70. The van der Waals surface area contributed by atoms with E-state index in [0.29, 0.717) is 5.65 Å². The van der Waals surface area contributed by atoms with Crippen LogP contribution in [-0.4, -0.2) is 25.7 Å². The predicted molar refractivity (Wildman–Crippen MR) is 58.6 cm³/mol. The third-order valence-electron chi connectivity index (χ3n) is 2.31. The molecule has 0 amide bonds. The van der Waals surface area contributed by atoms with E-state index in [1.165, 1.54) is 10.7 Å². The normalized spacial score (nSPS) is 11.9. The van der Waals surface area contributed by atoms with Gasteiger partial charge in [-0.25, -0.2) is 14.3 Å². The van der Waals surface area contributed by atoms with Gasteiger partial charge in [0.2, 0.25) is 0 Å². The summed E-state index contributed by atoms with van der Waals surface area (Å²) < 4.78 is 1.50. The highest BCUT2D eigenvalue weighted by Gasteiger charge is 2.17. The lowest BCUT2D eigenvalue weighted by molar-refractivity contribution is 0.0691. The van der Waals surface area contributed by atoms with Gasteiger partial charge in [0.05, 0.1) is 11.9 Å². The van der Waals surface area contributed by atoms with Gasteiger partial charge in [-0.3, -0.25) is 0 Å². The second-order valence-electron chi connectivity index (χ2n) is 4.70. The van der Waals surface area contributed by atoms with Gasteiger partial charge in [-0.05, 0) is 12.1 Å². The van der Waals surface area contributed by atoms with Crippen LogP contribution in [0.1, 0.15) is 37.0 Å². The van der Waals surface area contributed by atoms with Crippen LogP contribution in [0.25, 0.3) is 5.65 Å². The van der Waals surface area contributed by atoms with Gasteiger partial charge in [0, 0.05) is 5.41 Å². The summed E-state index contributed by atoms with van der Waals surface area (Å²) in [4.78, 5) is 14.7. The first-order valence-electron chi connectivity index (χ1n) is 4.98. The number of aromatic carboxylic acids is 1. The lowest BCUT2D eigenvalue weighted by Crippen LogP contribution is -2.15. The van der Waals surface area contributed by atoms with Crippen LogP contribution < -0.4 is 0 Å². The first kappa shape index (κ1) is 10.6. The third-order valence-corrected chi connectivity index (χ3v) is 2.31. The highest BCUT2D eigenvalue weighted by Crippen LogP contribution is 2.19. The first-order chi connectivity index (χ1) is 7.38. The maximum atomic E-state index is 10.7. The number of fused-ring (bicyclic) bond motifs is 1. The van der Waals surface area contributed by atoms with Crippen molar-refractivity contribution in [3.05, 3.63) is 29.7 Å². The number of aromatic nitrogens is 3. The Hall–Kier alpha value is -1.91. The lowest BCUT2D eigenvalue weighted by Gasteiger charge is -2.16. The Labute approximate surface area is 92.7 Å². The van der Waals surface area contributed by atoms with Crippen molar-refractivity contribution < 1.29 is 9.90 Å². The molecular weight excluding hydrogens is 206 g/mol. The van der Waals surface area contributed by atoms with E-state index in [-0.39, 0.29) is 11.1 Å². The molecule has 16 heavy (non-hydrogen) atoms. The van der Waals surface area contributed by atoms with Gasteiger partial charge in [0.15, 0.2) is 11.3 Å². The molecule has 0 spiro atoms. The summed E-state index contributed by atoms with van der Waals surface area (Å²) in [5, 5.41) is 13.2. The van der Waals surface area contributed by atoms with E-state index in [2.05, 4.69) is 30.9 Å². The Morgan fingerprint density at radius 3 is 2.62 bits per heavy atom. The van der Waals surface area contributed by atoms with E-state index in [0.717, 1.165) is 5.69 Å². The van der Waals surface area contributed by atoms with Crippen molar-refractivity contribution in [1.82, 2.24) is 14.6 Å². The smallest absolute Gasteiger partial charge is 0.356 e. The zero-order valence-corrected chi connectivity index (χ0v) is 9.43. The van der Waals surface area contributed by atoms with Gasteiger partial charge in [-0.15, -0.1) is 0 Å². The fourth-order valence-corrected chi connectivity index (χ4v) is 1.39. The fraction of sp³-hybridized carbons (Fsp3) is 0.364. The Kier molecular flexibility index (Phi) is 2.18. The van der Waals surface area contributed by atoms with Crippen LogP contribution >= 0.6 is 0 Å². The van der Waals surface area contributed by atoms with Gasteiger partial charge >= 0.3 is 5.97 Å². The van der Waals surface area contributed by atoms with E-state index < -0.39 is 5.97 Å². The predicted octanol–water partition coefficient (Wildman–Crippen LogP) is 1.72. The summed E-state index contributed by atoms with van der Waals surface area (Å²) >= 11 is 0. The van der Waals surface area contributed by atoms with Gasteiger partial charge in [-0.2, -0.15) is 5.10 Å². The summed E-state index contributed by atoms with van der Waals surface area (Å²) in [6.45, 7) is 6.16. The number of carbonyl (C=O) groups is 1. The standard InChI is InChI=1S/C11H13N3O2/c1-11(2,3)8-4-5-9-12-7(10(15)16)6-14(9)13-8/h4-6H,1-3H3,(H,15,16). The number of imidazole rings is 1. The van der Waals surface area contributed by atoms with Crippen molar-refractivity contribution in [1.29, 1.82) is 0 Å². The number of nitrogens with zero attached hydrogens (tertiary/aromatic N) is 3. The van der Waals surface area contributed by atoms with Gasteiger partial charge in [0.25, 0.3) is 0 Å². The summed E-state index contributed by atoms with van der Waals surface area (Å²) in [5.41, 5.74) is 1.39. The summed E-state index contributed by atoms with van der Waals surface area (Å²) in [6.07, 6.45) is 1.42. The van der Waals surface area contributed by atoms with Crippen molar-refractivity contribution in [3.63, 3.8) is 0 Å². The topological polar surface area (TPSA) is 67.5 Å². The van der Waals surface area contributed by atoms with Crippen molar-refractivity contribution in [2.75, 3.05) is 0 Å². The highest BCUT2D eigenvalue weighted by molar-refractivity contribution is 5.85. The molecule has 84 valence electrons. The summed E-state index contributed by atoms with van der Waals surface area (Å²) in [5.74, 6) is -1.04. The zero-order valence-electron chi connectivity index (χ0n) is 9.43. The minimum atomic E-state index is -1.04. The molecule has 1 N–H and O–H groups in total. The Morgan fingerprint density at radius 2 is 2.06 bits per heavy atom. The molecule has 0 fully saturated rings.